The molecule has 2 N–H and O–H groups in total. The topological polar surface area (TPSA) is 70.1 Å². The molecule has 0 aliphatic rings. The summed E-state index contributed by atoms with van der Waals surface area (Å²) in [7, 11) is 0. The van der Waals surface area contributed by atoms with Gasteiger partial charge in [0.15, 0.2) is 0 Å². The van der Waals surface area contributed by atoms with E-state index in [2.05, 4.69) is 20.9 Å². The van der Waals surface area contributed by atoms with E-state index in [1.807, 2.05) is 24.3 Å². The van der Waals surface area contributed by atoms with Gasteiger partial charge >= 0.3 is 0 Å². The average molecular weight is 450 g/mol. The van der Waals surface area contributed by atoms with E-state index < -0.39 is 11.6 Å². The van der Waals surface area contributed by atoms with Gasteiger partial charge in [0.05, 0.1) is 6.54 Å². The van der Waals surface area contributed by atoms with E-state index in [-0.39, 0.29) is 28.1 Å². The summed E-state index contributed by atoms with van der Waals surface area (Å²) in [6.45, 7) is 2.18. The van der Waals surface area contributed by atoms with Crippen LogP contribution in [0.25, 0.3) is 0 Å². The van der Waals surface area contributed by atoms with Gasteiger partial charge in [0.25, 0.3) is 5.56 Å². The molecule has 3 rings (SSSR count). The molecule has 1 aromatic heterocycles. The van der Waals surface area contributed by atoms with Crippen molar-refractivity contribution in [2.24, 2.45) is 5.73 Å². The fourth-order valence-corrected chi connectivity index (χ4v) is 3.18. The van der Waals surface area contributed by atoms with Crippen LogP contribution in [0.5, 0.6) is 5.88 Å². The Balaban J connectivity index is 1.87. The average Bonchev–Trinajstić information content (AvgIpc) is 2.68. The number of halogens is 3. The second kappa shape index (κ2) is 8.62. The summed E-state index contributed by atoms with van der Waals surface area (Å²) in [5.41, 5.74) is 7.46. The van der Waals surface area contributed by atoms with Crippen molar-refractivity contribution in [2.45, 2.75) is 26.6 Å². The van der Waals surface area contributed by atoms with Crippen LogP contribution in [0.3, 0.4) is 0 Å². The van der Waals surface area contributed by atoms with Crippen LogP contribution in [-0.2, 0) is 19.7 Å². The molecule has 0 unspecified atom stereocenters. The monoisotopic (exact) mass is 449 g/mol. The number of nitrogens with zero attached hydrogens (tertiary/aromatic N) is 2. The quantitative estimate of drug-likeness (QED) is 0.622. The highest BCUT2D eigenvalue weighted by Crippen LogP contribution is 2.21. The van der Waals surface area contributed by atoms with E-state index in [1.54, 1.807) is 6.92 Å². The second-order valence-electron chi connectivity index (χ2n) is 6.17. The largest absolute Gasteiger partial charge is 0.472 e. The molecule has 0 saturated carbocycles. The summed E-state index contributed by atoms with van der Waals surface area (Å²) in [6.07, 6.45) is 0. The van der Waals surface area contributed by atoms with Gasteiger partial charge in [-0.05, 0) is 46.1 Å². The maximum atomic E-state index is 13.8. The smallest absolute Gasteiger partial charge is 0.272 e. The third-order valence-corrected chi connectivity index (χ3v) is 5.00. The maximum Gasteiger partial charge on any atom is 0.272 e. The molecular formula is C20H18BrF2N3O2. The van der Waals surface area contributed by atoms with Crippen LogP contribution in [0.15, 0.2) is 51.7 Å². The van der Waals surface area contributed by atoms with E-state index in [4.69, 9.17) is 10.5 Å². The second-order valence-corrected chi connectivity index (χ2v) is 6.96. The standard InChI is InChI=1S/C20H18BrF2N3O2/c1-12-25-19(28-11-15-6-7-16(22)8-17(15)23)18(21)20(27)26(12)10-14-5-3-2-4-13(14)9-24/h2-8H,9-11,24H2,1H3. The fourth-order valence-electron chi connectivity index (χ4n) is 2.76. The summed E-state index contributed by atoms with van der Waals surface area (Å²) < 4.78 is 33.9. The van der Waals surface area contributed by atoms with E-state index in [1.165, 1.54) is 10.6 Å². The fraction of sp³-hybridized carbons (Fsp3) is 0.200. The molecule has 0 aliphatic heterocycles. The first kappa shape index (κ1) is 20.2. The van der Waals surface area contributed by atoms with Crippen LogP contribution >= 0.6 is 15.9 Å². The molecule has 0 aliphatic carbocycles. The van der Waals surface area contributed by atoms with Crippen LogP contribution in [0.2, 0.25) is 0 Å². The predicted octanol–water partition coefficient (Wildman–Crippen LogP) is 3.68. The van der Waals surface area contributed by atoms with Crippen LogP contribution < -0.4 is 16.0 Å². The van der Waals surface area contributed by atoms with Crippen molar-refractivity contribution in [3.05, 3.63) is 91.4 Å². The highest BCUT2D eigenvalue weighted by molar-refractivity contribution is 9.10. The van der Waals surface area contributed by atoms with Crippen molar-refractivity contribution in [1.82, 2.24) is 9.55 Å². The van der Waals surface area contributed by atoms with E-state index in [0.29, 0.717) is 18.9 Å². The van der Waals surface area contributed by atoms with Crippen molar-refractivity contribution in [1.29, 1.82) is 0 Å². The van der Waals surface area contributed by atoms with Crippen molar-refractivity contribution < 1.29 is 13.5 Å². The number of rotatable bonds is 6. The van der Waals surface area contributed by atoms with E-state index in [9.17, 15) is 13.6 Å². The molecule has 28 heavy (non-hydrogen) atoms. The molecule has 1 heterocycles. The van der Waals surface area contributed by atoms with Crippen LogP contribution in [-0.4, -0.2) is 9.55 Å². The van der Waals surface area contributed by atoms with Crippen LogP contribution in [0.4, 0.5) is 8.78 Å². The van der Waals surface area contributed by atoms with Gasteiger partial charge in [0.2, 0.25) is 5.88 Å². The van der Waals surface area contributed by atoms with Crippen LogP contribution in [0.1, 0.15) is 22.5 Å². The first-order chi connectivity index (χ1) is 13.4. The molecule has 146 valence electrons. The van der Waals surface area contributed by atoms with Crippen molar-refractivity contribution in [3.63, 3.8) is 0 Å². The zero-order chi connectivity index (χ0) is 20.3. The van der Waals surface area contributed by atoms with Gasteiger partial charge in [0, 0.05) is 18.2 Å². The molecule has 0 bridgehead atoms. The summed E-state index contributed by atoms with van der Waals surface area (Å²) in [4.78, 5) is 17.1. The molecule has 8 heteroatoms. The van der Waals surface area contributed by atoms with Crippen LogP contribution in [0, 0.1) is 18.6 Å². The minimum atomic E-state index is -0.723. The molecular weight excluding hydrogens is 432 g/mol. The third kappa shape index (κ3) is 4.28. The Hall–Kier alpha value is -2.58. The minimum Gasteiger partial charge on any atom is -0.472 e. The van der Waals surface area contributed by atoms with Gasteiger partial charge in [0.1, 0.15) is 28.5 Å². The summed E-state index contributed by atoms with van der Waals surface area (Å²) in [6, 6.07) is 10.8. The number of aryl methyl sites for hydroxylation is 1. The molecule has 0 spiro atoms. The first-order valence-corrected chi connectivity index (χ1v) is 9.30. The number of aromatic nitrogens is 2. The SMILES string of the molecule is Cc1nc(OCc2ccc(F)cc2F)c(Br)c(=O)n1Cc1ccccc1CN. The summed E-state index contributed by atoms with van der Waals surface area (Å²) in [5, 5.41) is 0. The number of nitrogens with two attached hydrogens (primary N) is 1. The maximum absolute atomic E-state index is 13.8. The first-order valence-electron chi connectivity index (χ1n) is 8.51. The number of ether oxygens (including phenoxy) is 1. The minimum absolute atomic E-state index is 0.0505. The Labute approximate surface area is 168 Å². The zero-order valence-electron chi connectivity index (χ0n) is 15.1. The predicted molar refractivity (Wildman–Crippen MR) is 105 cm³/mol. The van der Waals surface area contributed by atoms with Crippen molar-refractivity contribution in [2.75, 3.05) is 0 Å². The molecule has 5 nitrogen and oxygen atoms in total. The number of benzene rings is 2. The van der Waals surface area contributed by atoms with Gasteiger partial charge in [-0.3, -0.25) is 9.36 Å². The lowest BCUT2D eigenvalue weighted by Crippen LogP contribution is -2.26. The molecule has 0 fully saturated rings. The molecule has 0 radical (unpaired) electrons. The van der Waals surface area contributed by atoms with Crippen molar-refractivity contribution in [3.8, 4) is 5.88 Å². The normalized spacial score (nSPS) is 10.9. The lowest BCUT2D eigenvalue weighted by atomic mass is 10.1. The lowest BCUT2D eigenvalue weighted by molar-refractivity contribution is 0.282. The Morgan fingerprint density at radius 1 is 1.14 bits per heavy atom. The zero-order valence-corrected chi connectivity index (χ0v) is 16.7. The lowest BCUT2D eigenvalue weighted by Gasteiger charge is -2.15. The Morgan fingerprint density at radius 2 is 1.86 bits per heavy atom. The molecule has 0 saturated heterocycles. The Morgan fingerprint density at radius 3 is 2.54 bits per heavy atom. The van der Waals surface area contributed by atoms with Gasteiger partial charge in [-0.15, -0.1) is 0 Å². The van der Waals surface area contributed by atoms with Gasteiger partial charge < -0.3 is 10.5 Å². The van der Waals surface area contributed by atoms with E-state index in [0.717, 1.165) is 23.3 Å². The molecule has 2 aromatic carbocycles. The number of hydrogen-bond donors (Lipinski definition) is 1. The Kier molecular flexibility index (Phi) is 6.21. The van der Waals surface area contributed by atoms with Gasteiger partial charge in [-0.1, -0.05) is 24.3 Å². The highest BCUT2D eigenvalue weighted by Gasteiger charge is 2.16. The molecule has 3 aromatic rings. The summed E-state index contributed by atoms with van der Waals surface area (Å²) >= 11 is 3.22. The molecule has 0 amide bonds. The summed E-state index contributed by atoms with van der Waals surface area (Å²) in [5.74, 6) is -0.902. The highest BCUT2D eigenvalue weighted by atomic mass is 79.9. The number of hydrogen-bond acceptors (Lipinski definition) is 4. The van der Waals surface area contributed by atoms with Gasteiger partial charge in [-0.25, -0.2) is 8.78 Å². The van der Waals surface area contributed by atoms with E-state index >= 15 is 0 Å². The van der Waals surface area contributed by atoms with Gasteiger partial charge in [-0.2, -0.15) is 4.98 Å². The molecule has 0 atom stereocenters. The third-order valence-electron chi connectivity index (χ3n) is 4.32. The Bertz CT molecular complexity index is 1070. The van der Waals surface area contributed by atoms with Crippen molar-refractivity contribution >= 4 is 15.9 Å².